The highest BCUT2D eigenvalue weighted by Gasteiger charge is 2.19. The van der Waals surface area contributed by atoms with Gasteiger partial charge >= 0.3 is 0 Å². The van der Waals surface area contributed by atoms with Crippen LogP contribution in [0.5, 0.6) is 0 Å². The predicted molar refractivity (Wildman–Crippen MR) is 203 cm³/mol. The average molecular weight is 641 g/mol. The fourth-order valence-corrected chi connectivity index (χ4v) is 7.10. The van der Waals surface area contributed by atoms with E-state index in [0.717, 1.165) is 66.5 Å². The number of furan rings is 1. The summed E-state index contributed by atoms with van der Waals surface area (Å²) in [7, 11) is 0. The Morgan fingerprint density at radius 3 is 1.64 bits per heavy atom. The topological polar surface area (TPSA) is 56.7 Å². The third-order valence-corrected chi connectivity index (χ3v) is 9.49. The van der Waals surface area contributed by atoms with Crippen LogP contribution in [0.15, 0.2) is 174 Å². The Hall–Kier alpha value is -6.85. The second-order valence-corrected chi connectivity index (χ2v) is 12.4. The molecule has 5 heteroatoms. The summed E-state index contributed by atoms with van der Waals surface area (Å²) in [6.07, 6.45) is 0. The largest absolute Gasteiger partial charge is 0.456 e. The Morgan fingerprint density at radius 2 is 0.880 bits per heavy atom. The number of hydrogen-bond donors (Lipinski definition) is 0. The maximum atomic E-state index is 6.27. The number of aromatic nitrogens is 4. The zero-order valence-corrected chi connectivity index (χ0v) is 26.9. The molecule has 0 fully saturated rings. The molecule has 0 aliphatic rings. The lowest BCUT2D eigenvalue weighted by Crippen LogP contribution is -2.03. The third kappa shape index (κ3) is 4.60. The van der Waals surface area contributed by atoms with Crippen LogP contribution in [-0.2, 0) is 0 Å². The van der Waals surface area contributed by atoms with E-state index in [9.17, 15) is 0 Å². The van der Waals surface area contributed by atoms with E-state index in [1.807, 2.05) is 36.4 Å². The van der Waals surface area contributed by atoms with E-state index in [-0.39, 0.29) is 0 Å². The molecule has 3 aromatic heterocycles. The molecule has 0 aliphatic heterocycles. The summed E-state index contributed by atoms with van der Waals surface area (Å²) in [5, 5.41) is 4.55. The molecule has 0 spiro atoms. The van der Waals surface area contributed by atoms with E-state index < -0.39 is 0 Å². The van der Waals surface area contributed by atoms with Crippen molar-refractivity contribution in [3.8, 4) is 51.0 Å². The van der Waals surface area contributed by atoms with Gasteiger partial charge in [0, 0.05) is 38.2 Å². The highest BCUT2D eigenvalue weighted by molar-refractivity contribution is 6.10. The summed E-state index contributed by atoms with van der Waals surface area (Å²) in [6.45, 7) is 0. The van der Waals surface area contributed by atoms with Crippen molar-refractivity contribution in [2.24, 2.45) is 0 Å². The first-order valence-corrected chi connectivity index (χ1v) is 16.7. The lowest BCUT2D eigenvalue weighted by molar-refractivity contribution is 0.669. The van der Waals surface area contributed by atoms with Gasteiger partial charge < -0.3 is 8.98 Å². The summed E-state index contributed by atoms with van der Waals surface area (Å²) in [6, 6.07) is 58.6. The van der Waals surface area contributed by atoms with E-state index in [0.29, 0.717) is 17.5 Å². The molecule has 50 heavy (non-hydrogen) atoms. The van der Waals surface area contributed by atoms with Crippen LogP contribution in [0.25, 0.3) is 94.7 Å². The summed E-state index contributed by atoms with van der Waals surface area (Å²) in [5.41, 5.74) is 9.89. The molecule has 5 nitrogen and oxygen atoms in total. The van der Waals surface area contributed by atoms with Gasteiger partial charge in [0.05, 0.1) is 16.7 Å². The van der Waals surface area contributed by atoms with Gasteiger partial charge in [0.1, 0.15) is 11.2 Å². The van der Waals surface area contributed by atoms with Gasteiger partial charge in [0.15, 0.2) is 17.5 Å². The van der Waals surface area contributed by atoms with Crippen molar-refractivity contribution in [2.75, 3.05) is 0 Å². The van der Waals surface area contributed by atoms with Crippen molar-refractivity contribution in [3.05, 3.63) is 170 Å². The van der Waals surface area contributed by atoms with E-state index in [2.05, 4.69) is 138 Å². The molecule has 3 heterocycles. The van der Waals surface area contributed by atoms with Crippen molar-refractivity contribution >= 4 is 43.7 Å². The minimum atomic E-state index is 0.580. The maximum Gasteiger partial charge on any atom is 0.166 e. The third-order valence-electron chi connectivity index (χ3n) is 9.49. The highest BCUT2D eigenvalue weighted by Crippen LogP contribution is 2.37. The van der Waals surface area contributed by atoms with Crippen LogP contribution >= 0.6 is 0 Å². The number of para-hydroxylation sites is 4. The molecule has 10 rings (SSSR count). The molecule has 10 aromatic rings. The van der Waals surface area contributed by atoms with Crippen molar-refractivity contribution < 1.29 is 4.42 Å². The summed E-state index contributed by atoms with van der Waals surface area (Å²) in [4.78, 5) is 15.4. The molecule has 0 atom stereocenters. The molecule has 0 N–H and O–H groups in total. The second kappa shape index (κ2) is 11.4. The molecule has 0 aliphatic carbocycles. The first-order valence-electron chi connectivity index (χ1n) is 16.7. The second-order valence-electron chi connectivity index (χ2n) is 12.4. The van der Waals surface area contributed by atoms with Crippen LogP contribution in [0.2, 0.25) is 0 Å². The van der Waals surface area contributed by atoms with Gasteiger partial charge in [0.2, 0.25) is 0 Å². The normalized spacial score (nSPS) is 11.6. The zero-order chi connectivity index (χ0) is 33.0. The van der Waals surface area contributed by atoms with E-state index in [1.54, 1.807) is 0 Å². The fraction of sp³-hybridized carbons (Fsp3) is 0. The van der Waals surface area contributed by atoms with Crippen molar-refractivity contribution in [3.63, 3.8) is 0 Å². The first-order chi connectivity index (χ1) is 24.8. The molecular formula is C45H28N4O. The molecule has 0 amide bonds. The minimum Gasteiger partial charge on any atom is -0.456 e. The van der Waals surface area contributed by atoms with Crippen LogP contribution in [-0.4, -0.2) is 19.5 Å². The lowest BCUT2D eigenvalue weighted by atomic mass is 10.0. The maximum absolute atomic E-state index is 6.27. The van der Waals surface area contributed by atoms with E-state index >= 15 is 0 Å². The standard InChI is InChI=1S/C45H28N4O/c1-2-12-29(13-3-1)30-22-24-31(25-23-30)43-46-44(32-26-27-36-35-16-7-11-21-41(35)50-42(36)28-32)48-45(47-43)37-17-6-10-20-40(37)49-38-18-8-4-14-33(38)34-15-5-9-19-39(34)49/h1-28H. The summed E-state index contributed by atoms with van der Waals surface area (Å²) >= 11 is 0. The molecule has 0 radical (unpaired) electrons. The van der Waals surface area contributed by atoms with Gasteiger partial charge in [-0.05, 0) is 53.6 Å². The Kier molecular flexibility index (Phi) is 6.42. The number of benzene rings is 7. The molecule has 0 bridgehead atoms. The van der Waals surface area contributed by atoms with Crippen LogP contribution in [0.1, 0.15) is 0 Å². The van der Waals surface area contributed by atoms with Crippen LogP contribution < -0.4 is 0 Å². The molecular weight excluding hydrogens is 613 g/mol. The Labute approximate surface area is 287 Å². The van der Waals surface area contributed by atoms with Crippen LogP contribution in [0.4, 0.5) is 0 Å². The summed E-state index contributed by atoms with van der Waals surface area (Å²) in [5.74, 6) is 1.78. The quantitative estimate of drug-likeness (QED) is 0.188. The van der Waals surface area contributed by atoms with Gasteiger partial charge in [-0.2, -0.15) is 0 Å². The van der Waals surface area contributed by atoms with Gasteiger partial charge in [-0.3, -0.25) is 0 Å². The van der Waals surface area contributed by atoms with Gasteiger partial charge in [-0.1, -0.05) is 127 Å². The Bertz CT molecular complexity index is 2810. The molecule has 0 saturated heterocycles. The van der Waals surface area contributed by atoms with Crippen LogP contribution in [0, 0.1) is 0 Å². The van der Waals surface area contributed by atoms with Crippen molar-refractivity contribution in [1.82, 2.24) is 19.5 Å². The number of rotatable bonds is 5. The molecule has 0 unspecified atom stereocenters. The van der Waals surface area contributed by atoms with E-state index in [4.69, 9.17) is 19.4 Å². The first kappa shape index (κ1) is 28.2. The van der Waals surface area contributed by atoms with Gasteiger partial charge in [0.25, 0.3) is 0 Å². The lowest BCUT2D eigenvalue weighted by Gasteiger charge is -2.14. The monoisotopic (exact) mass is 640 g/mol. The fourth-order valence-electron chi connectivity index (χ4n) is 7.10. The van der Waals surface area contributed by atoms with Gasteiger partial charge in [-0.15, -0.1) is 0 Å². The Balaban J connectivity index is 1.19. The minimum absolute atomic E-state index is 0.580. The Morgan fingerprint density at radius 1 is 0.360 bits per heavy atom. The molecule has 7 aromatic carbocycles. The SMILES string of the molecule is c1ccc(-c2ccc(-c3nc(-c4ccc5c(c4)oc4ccccc45)nc(-c4ccccc4-n4c5ccccc5c5ccccc54)n3)cc2)cc1. The predicted octanol–water partition coefficient (Wildman–Crippen LogP) is 11.5. The van der Waals surface area contributed by atoms with E-state index in [1.165, 1.54) is 10.8 Å². The number of fused-ring (bicyclic) bond motifs is 6. The zero-order valence-electron chi connectivity index (χ0n) is 26.9. The summed E-state index contributed by atoms with van der Waals surface area (Å²) < 4.78 is 8.59. The molecule has 0 saturated carbocycles. The smallest absolute Gasteiger partial charge is 0.166 e. The highest BCUT2D eigenvalue weighted by atomic mass is 16.3. The van der Waals surface area contributed by atoms with Crippen LogP contribution in [0.3, 0.4) is 0 Å². The van der Waals surface area contributed by atoms with Crippen molar-refractivity contribution in [2.45, 2.75) is 0 Å². The number of hydrogen-bond acceptors (Lipinski definition) is 4. The number of nitrogens with zero attached hydrogens (tertiary/aromatic N) is 4. The average Bonchev–Trinajstić information content (AvgIpc) is 3.73. The van der Waals surface area contributed by atoms with Gasteiger partial charge in [-0.25, -0.2) is 15.0 Å². The van der Waals surface area contributed by atoms with Crippen molar-refractivity contribution in [1.29, 1.82) is 0 Å². The molecule has 234 valence electrons.